The maximum atomic E-state index is 3.64. The molecule has 0 radical (unpaired) electrons. The summed E-state index contributed by atoms with van der Waals surface area (Å²) in [6.07, 6.45) is 5.30. The molecule has 0 heterocycles. The van der Waals surface area contributed by atoms with E-state index in [-0.39, 0.29) is 0 Å². The molecule has 0 bridgehead atoms. The Hall–Kier alpha value is -0.860. The summed E-state index contributed by atoms with van der Waals surface area (Å²) in [5.74, 6) is 0. The topological polar surface area (TPSA) is 24.1 Å². The molecule has 0 atom stereocenters. The van der Waals surface area contributed by atoms with Crippen LogP contribution < -0.4 is 10.6 Å². The van der Waals surface area contributed by atoms with E-state index >= 15 is 0 Å². The first kappa shape index (κ1) is 13.6. The van der Waals surface area contributed by atoms with E-state index in [1.165, 1.54) is 36.9 Å². The van der Waals surface area contributed by atoms with Gasteiger partial charge in [-0.3, -0.25) is 0 Å². The van der Waals surface area contributed by atoms with Crippen LogP contribution in [0, 0.1) is 12.3 Å². The number of rotatable bonds is 7. The lowest BCUT2D eigenvalue weighted by atomic mass is 9.68. The molecule has 1 aromatic carbocycles. The average Bonchev–Trinajstić information content (AvgIpc) is 2.31. The van der Waals surface area contributed by atoms with Crippen LogP contribution in [-0.4, -0.2) is 26.7 Å². The van der Waals surface area contributed by atoms with Crippen LogP contribution in [0.3, 0.4) is 0 Å². The summed E-state index contributed by atoms with van der Waals surface area (Å²) >= 11 is 0. The molecule has 1 aliphatic carbocycles. The van der Waals surface area contributed by atoms with Gasteiger partial charge in [-0.2, -0.15) is 0 Å². The molecule has 100 valence electrons. The lowest BCUT2D eigenvalue weighted by molar-refractivity contribution is 0.131. The fraction of sp³-hybridized carbons (Fsp3) is 0.625. The van der Waals surface area contributed by atoms with Gasteiger partial charge in [0.1, 0.15) is 0 Å². The van der Waals surface area contributed by atoms with Gasteiger partial charge in [-0.1, -0.05) is 36.2 Å². The lowest BCUT2D eigenvalue weighted by Gasteiger charge is -2.42. The van der Waals surface area contributed by atoms with Crippen molar-refractivity contribution < 1.29 is 0 Å². The van der Waals surface area contributed by atoms with E-state index in [0.29, 0.717) is 5.41 Å². The molecule has 1 aromatic rings. The minimum Gasteiger partial charge on any atom is -0.319 e. The second kappa shape index (κ2) is 6.35. The van der Waals surface area contributed by atoms with Crippen molar-refractivity contribution in [3.63, 3.8) is 0 Å². The van der Waals surface area contributed by atoms with Crippen molar-refractivity contribution in [3.05, 3.63) is 35.4 Å². The fourth-order valence-electron chi connectivity index (χ4n) is 2.92. The van der Waals surface area contributed by atoms with Gasteiger partial charge < -0.3 is 10.6 Å². The first-order chi connectivity index (χ1) is 8.74. The zero-order chi connectivity index (χ0) is 12.8. The number of hydrogen-bond acceptors (Lipinski definition) is 2. The maximum absolute atomic E-state index is 3.64. The Labute approximate surface area is 111 Å². The highest BCUT2D eigenvalue weighted by molar-refractivity contribution is 5.22. The highest BCUT2D eigenvalue weighted by Gasteiger charge is 2.35. The van der Waals surface area contributed by atoms with Crippen molar-refractivity contribution in [2.75, 3.05) is 26.7 Å². The van der Waals surface area contributed by atoms with Gasteiger partial charge in [0.05, 0.1) is 0 Å². The van der Waals surface area contributed by atoms with E-state index in [1.807, 2.05) is 0 Å². The van der Waals surface area contributed by atoms with Crippen LogP contribution >= 0.6 is 0 Å². The fourth-order valence-corrected chi connectivity index (χ4v) is 2.92. The molecule has 0 aliphatic heterocycles. The van der Waals surface area contributed by atoms with E-state index in [1.54, 1.807) is 0 Å². The van der Waals surface area contributed by atoms with Crippen LogP contribution in [0.4, 0.5) is 0 Å². The van der Waals surface area contributed by atoms with Crippen LogP contribution in [-0.2, 0) is 6.42 Å². The van der Waals surface area contributed by atoms with Gasteiger partial charge in [0.15, 0.2) is 0 Å². The van der Waals surface area contributed by atoms with Crippen molar-refractivity contribution in [3.8, 4) is 0 Å². The minimum absolute atomic E-state index is 0.543. The SMILES string of the molecule is CNCC1(CNCCc2cccc(C)c2)CCC1. The Morgan fingerprint density at radius 3 is 2.67 bits per heavy atom. The van der Waals surface area contributed by atoms with Gasteiger partial charge in [0.25, 0.3) is 0 Å². The van der Waals surface area contributed by atoms with Crippen molar-refractivity contribution >= 4 is 0 Å². The first-order valence-corrected chi connectivity index (χ1v) is 7.15. The standard InChI is InChI=1S/C16H26N2/c1-14-5-3-6-15(11-14)7-10-18-13-16(12-17-2)8-4-9-16/h3,5-6,11,17-18H,4,7-10,12-13H2,1-2H3. The highest BCUT2D eigenvalue weighted by atomic mass is 14.9. The normalized spacial score (nSPS) is 17.4. The number of nitrogens with one attached hydrogen (secondary N) is 2. The molecule has 0 spiro atoms. The quantitative estimate of drug-likeness (QED) is 0.722. The Balaban J connectivity index is 1.69. The highest BCUT2D eigenvalue weighted by Crippen LogP contribution is 2.39. The molecule has 2 rings (SSSR count). The number of benzene rings is 1. The van der Waals surface area contributed by atoms with E-state index in [4.69, 9.17) is 0 Å². The zero-order valence-corrected chi connectivity index (χ0v) is 11.8. The molecule has 1 saturated carbocycles. The molecule has 0 saturated heterocycles. The largest absolute Gasteiger partial charge is 0.319 e. The number of hydrogen-bond donors (Lipinski definition) is 2. The van der Waals surface area contributed by atoms with Gasteiger partial charge in [0, 0.05) is 13.1 Å². The molecule has 1 fully saturated rings. The van der Waals surface area contributed by atoms with Crippen LogP contribution in [0.1, 0.15) is 30.4 Å². The van der Waals surface area contributed by atoms with Crippen LogP contribution in [0.15, 0.2) is 24.3 Å². The van der Waals surface area contributed by atoms with Crippen molar-refractivity contribution in [1.82, 2.24) is 10.6 Å². The predicted molar refractivity (Wildman–Crippen MR) is 78.0 cm³/mol. The maximum Gasteiger partial charge on any atom is 0.00201 e. The molecule has 2 nitrogen and oxygen atoms in total. The minimum atomic E-state index is 0.543. The Kier molecular flexibility index (Phi) is 4.79. The monoisotopic (exact) mass is 246 g/mol. The van der Waals surface area contributed by atoms with Gasteiger partial charge in [-0.15, -0.1) is 0 Å². The summed E-state index contributed by atoms with van der Waals surface area (Å²) in [5.41, 5.74) is 3.35. The van der Waals surface area contributed by atoms with Gasteiger partial charge >= 0.3 is 0 Å². The third-order valence-corrected chi connectivity index (χ3v) is 4.14. The summed E-state index contributed by atoms with van der Waals surface area (Å²) in [7, 11) is 2.06. The van der Waals surface area contributed by atoms with Crippen LogP contribution in [0.25, 0.3) is 0 Å². The van der Waals surface area contributed by atoms with Crippen molar-refractivity contribution in [2.24, 2.45) is 5.41 Å². The van der Waals surface area contributed by atoms with Gasteiger partial charge in [0.2, 0.25) is 0 Å². The van der Waals surface area contributed by atoms with Gasteiger partial charge in [-0.05, 0) is 50.8 Å². The van der Waals surface area contributed by atoms with Crippen molar-refractivity contribution in [1.29, 1.82) is 0 Å². The summed E-state index contributed by atoms with van der Waals surface area (Å²) in [6.45, 7) is 5.58. The summed E-state index contributed by atoms with van der Waals surface area (Å²) < 4.78 is 0. The third-order valence-electron chi connectivity index (χ3n) is 4.14. The lowest BCUT2D eigenvalue weighted by Crippen LogP contribution is -2.46. The second-order valence-corrected chi connectivity index (χ2v) is 5.80. The smallest absolute Gasteiger partial charge is 0.00201 e. The van der Waals surface area contributed by atoms with E-state index in [2.05, 4.69) is 48.9 Å². The number of aryl methyl sites for hydroxylation is 1. The molecular formula is C16H26N2. The summed E-state index contributed by atoms with van der Waals surface area (Å²) in [6, 6.07) is 8.82. The second-order valence-electron chi connectivity index (χ2n) is 5.80. The first-order valence-electron chi connectivity index (χ1n) is 7.15. The average molecular weight is 246 g/mol. The van der Waals surface area contributed by atoms with Gasteiger partial charge in [-0.25, -0.2) is 0 Å². The van der Waals surface area contributed by atoms with Crippen molar-refractivity contribution in [2.45, 2.75) is 32.6 Å². The van der Waals surface area contributed by atoms with E-state index in [9.17, 15) is 0 Å². The molecule has 2 heteroatoms. The van der Waals surface area contributed by atoms with Crippen LogP contribution in [0.2, 0.25) is 0 Å². The Morgan fingerprint density at radius 2 is 2.06 bits per heavy atom. The molecular weight excluding hydrogens is 220 g/mol. The molecule has 0 aromatic heterocycles. The molecule has 18 heavy (non-hydrogen) atoms. The Morgan fingerprint density at radius 1 is 1.22 bits per heavy atom. The zero-order valence-electron chi connectivity index (χ0n) is 11.8. The molecule has 0 unspecified atom stereocenters. The molecule has 2 N–H and O–H groups in total. The predicted octanol–water partition coefficient (Wildman–Crippen LogP) is 2.52. The molecule has 0 amide bonds. The van der Waals surface area contributed by atoms with E-state index < -0.39 is 0 Å². The summed E-state index contributed by atoms with van der Waals surface area (Å²) in [5, 5.41) is 6.98. The molecule has 1 aliphatic rings. The van der Waals surface area contributed by atoms with E-state index in [0.717, 1.165) is 19.5 Å². The van der Waals surface area contributed by atoms with Crippen LogP contribution in [0.5, 0.6) is 0 Å². The summed E-state index contributed by atoms with van der Waals surface area (Å²) in [4.78, 5) is 0. The Bertz CT molecular complexity index is 369. The third kappa shape index (κ3) is 3.56.